The van der Waals surface area contributed by atoms with Crippen LogP contribution in [0.2, 0.25) is 0 Å². The number of carbonyl (C=O) groups is 1. The number of piperidine rings is 1. The van der Waals surface area contributed by atoms with Crippen LogP contribution in [0.25, 0.3) is 0 Å². The highest BCUT2D eigenvalue weighted by molar-refractivity contribution is 7.92. The number of halogens is 1. The van der Waals surface area contributed by atoms with Gasteiger partial charge < -0.3 is 15.0 Å². The van der Waals surface area contributed by atoms with Crippen LogP contribution in [0.4, 0.5) is 21.8 Å². The van der Waals surface area contributed by atoms with Gasteiger partial charge in [-0.15, -0.1) is 0 Å². The average molecular weight is 556 g/mol. The molecule has 0 saturated carbocycles. The van der Waals surface area contributed by atoms with Crippen LogP contribution in [-0.4, -0.2) is 71.1 Å². The van der Waals surface area contributed by atoms with Crippen molar-refractivity contribution in [2.75, 3.05) is 29.9 Å². The third kappa shape index (κ3) is 6.09. The molecule has 1 fully saturated rings. The molecule has 4 heterocycles. The first-order chi connectivity index (χ1) is 18.6. The Balaban J connectivity index is 1.21. The topological polar surface area (TPSA) is 130 Å². The van der Waals surface area contributed by atoms with Crippen molar-refractivity contribution in [3.05, 3.63) is 65.4 Å². The number of nitrogens with one attached hydrogen (secondary N) is 2. The van der Waals surface area contributed by atoms with E-state index < -0.39 is 15.8 Å². The first-order valence-electron chi connectivity index (χ1n) is 12.5. The van der Waals surface area contributed by atoms with Crippen molar-refractivity contribution < 1.29 is 22.3 Å². The number of amides is 1. The van der Waals surface area contributed by atoms with Gasteiger partial charge in [-0.05, 0) is 44.0 Å². The summed E-state index contributed by atoms with van der Waals surface area (Å²) in [4.78, 5) is 30.5. The standard InChI is InChI=1S/C26H30FN7O4S/c1-16-10-20(7-9-34(16)25(35)17-6-8-28-24(11-17)32-39(3,36)37)33-14-18-13-29-26(31-22(18)15-33)30-19-4-5-21(27)23(12-19)38-2/h4-6,8,11-13,16,20H,7,9-10,14-15H2,1-3H3,(H,28,32)(H,29,30,31)/t16-,20-/m1/s1. The third-order valence-corrected chi connectivity index (χ3v) is 7.59. The summed E-state index contributed by atoms with van der Waals surface area (Å²) < 4.78 is 44.2. The monoisotopic (exact) mass is 555 g/mol. The number of hydrogen-bond donors (Lipinski definition) is 2. The lowest BCUT2D eigenvalue weighted by atomic mass is 9.96. The minimum absolute atomic E-state index is 0.00351. The van der Waals surface area contributed by atoms with Gasteiger partial charge >= 0.3 is 0 Å². The van der Waals surface area contributed by atoms with Crippen LogP contribution >= 0.6 is 0 Å². The van der Waals surface area contributed by atoms with Gasteiger partial charge in [-0.25, -0.2) is 27.8 Å². The Labute approximate surface area is 226 Å². The van der Waals surface area contributed by atoms with E-state index in [-0.39, 0.29) is 29.6 Å². The summed E-state index contributed by atoms with van der Waals surface area (Å²) in [5, 5.41) is 3.11. The summed E-state index contributed by atoms with van der Waals surface area (Å²) >= 11 is 0. The molecule has 39 heavy (non-hydrogen) atoms. The van der Waals surface area contributed by atoms with Gasteiger partial charge in [0.2, 0.25) is 16.0 Å². The third-order valence-electron chi connectivity index (χ3n) is 7.01. The number of benzene rings is 1. The molecule has 0 aliphatic carbocycles. The molecule has 2 aromatic heterocycles. The van der Waals surface area contributed by atoms with Crippen LogP contribution in [-0.2, 0) is 23.1 Å². The van der Waals surface area contributed by atoms with Crippen LogP contribution in [0.15, 0.2) is 42.7 Å². The van der Waals surface area contributed by atoms with Crippen molar-refractivity contribution in [2.45, 2.75) is 44.9 Å². The summed E-state index contributed by atoms with van der Waals surface area (Å²) in [5.41, 5.74) is 3.02. The van der Waals surface area contributed by atoms with Gasteiger partial charge in [0.05, 0.1) is 19.1 Å². The molecule has 0 spiro atoms. The van der Waals surface area contributed by atoms with Crippen LogP contribution in [0.5, 0.6) is 5.75 Å². The number of carbonyl (C=O) groups excluding carboxylic acids is 1. The van der Waals surface area contributed by atoms with Crippen molar-refractivity contribution in [1.29, 1.82) is 0 Å². The lowest BCUT2D eigenvalue weighted by Crippen LogP contribution is -2.50. The molecule has 1 aromatic carbocycles. The zero-order chi connectivity index (χ0) is 27.7. The van der Waals surface area contributed by atoms with Gasteiger partial charge in [-0.3, -0.25) is 14.4 Å². The first-order valence-corrected chi connectivity index (χ1v) is 14.4. The van der Waals surface area contributed by atoms with Crippen molar-refractivity contribution in [3.63, 3.8) is 0 Å². The van der Waals surface area contributed by atoms with E-state index in [2.05, 4.69) is 29.9 Å². The van der Waals surface area contributed by atoms with Crippen LogP contribution in [0.1, 0.15) is 41.4 Å². The highest BCUT2D eigenvalue weighted by Crippen LogP contribution is 2.31. The molecule has 0 bridgehead atoms. The van der Waals surface area contributed by atoms with Crippen molar-refractivity contribution in [3.8, 4) is 5.75 Å². The number of ether oxygens (including phenoxy) is 1. The molecule has 206 valence electrons. The van der Waals surface area contributed by atoms with E-state index in [9.17, 15) is 17.6 Å². The zero-order valence-corrected chi connectivity index (χ0v) is 22.7. The van der Waals surface area contributed by atoms with E-state index >= 15 is 0 Å². The Hall–Kier alpha value is -3.84. The van der Waals surface area contributed by atoms with Crippen LogP contribution < -0.4 is 14.8 Å². The van der Waals surface area contributed by atoms with Gasteiger partial charge in [0.15, 0.2) is 11.6 Å². The van der Waals surface area contributed by atoms with E-state index in [1.54, 1.807) is 18.2 Å². The Morgan fingerprint density at radius 1 is 1.18 bits per heavy atom. The van der Waals surface area contributed by atoms with Gasteiger partial charge in [0, 0.05) is 67.0 Å². The first kappa shape index (κ1) is 26.8. The Bertz CT molecular complexity index is 1500. The maximum atomic E-state index is 13.7. The van der Waals surface area contributed by atoms with E-state index in [1.165, 1.54) is 25.4 Å². The molecule has 3 aromatic rings. The lowest BCUT2D eigenvalue weighted by molar-refractivity contribution is 0.0460. The summed E-state index contributed by atoms with van der Waals surface area (Å²) in [6.07, 6.45) is 5.89. The Kier molecular flexibility index (Phi) is 7.36. The van der Waals surface area contributed by atoms with E-state index in [4.69, 9.17) is 4.74 Å². The highest BCUT2D eigenvalue weighted by Gasteiger charge is 2.35. The van der Waals surface area contributed by atoms with E-state index in [1.807, 2.05) is 18.0 Å². The average Bonchev–Trinajstić information content (AvgIpc) is 3.32. The number of hydrogen-bond acceptors (Lipinski definition) is 9. The summed E-state index contributed by atoms with van der Waals surface area (Å²) in [5.74, 6) is 0.101. The SMILES string of the molecule is COc1cc(Nc2ncc3c(n2)CN([C@@H]2CCN(C(=O)c4ccnc(NS(C)(=O)=O)c4)[C@H](C)C2)C3)ccc1F. The smallest absolute Gasteiger partial charge is 0.254 e. The normalized spacial score (nSPS) is 19.4. The second-order valence-electron chi connectivity index (χ2n) is 9.87. The molecular weight excluding hydrogens is 525 g/mol. The predicted molar refractivity (Wildman–Crippen MR) is 144 cm³/mol. The minimum atomic E-state index is -3.49. The molecule has 2 N–H and O–H groups in total. The second kappa shape index (κ2) is 10.7. The molecule has 11 nitrogen and oxygen atoms in total. The molecule has 5 rings (SSSR count). The number of aromatic nitrogens is 3. The molecule has 1 amide bonds. The number of sulfonamides is 1. The second-order valence-corrected chi connectivity index (χ2v) is 11.6. The summed E-state index contributed by atoms with van der Waals surface area (Å²) in [7, 11) is -2.08. The lowest BCUT2D eigenvalue weighted by Gasteiger charge is -2.41. The molecule has 0 unspecified atom stereocenters. The highest BCUT2D eigenvalue weighted by atomic mass is 32.2. The van der Waals surface area contributed by atoms with E-state index in [0.29, 0.717) is 30.3 Å². The molecule has 1 saturated heterocycles. The number of pyridine rings is 1. The van der Waals surface area contributed by atoms with Gasteiger partial charge in [-0.2, -0.15) is 0 Å². The van der Waals surface area contributed by atoms with E-state index in [0.717, 1.165) is 36.9 Å². The Morgan fingerprint density at radius 2 is 2.00 bits per heavy atom. The minimum Gasteiger partial charge on any atom is -0.494 e. The quantitative estimate of drug-likeness (QED) is 0.452. The summed E-state index contributed by atoms with van der Waals surface area (Å²) in [6.45, 7) is 4.02. The number of anilines is 3. The van der Waals surface area contributed by atoms with Crippen molar-refractivity contribution in [1.82, 2.24) is 24.8 Å². The molecule has 0 radical (unpaired) electrons. The maximum Gasteiger partial charge on any atom is 0.254 e. The maximum absolute atomic E-state index is 13.7. The van der Waals surface area contributed by atoms with Crippen molar-refractivity contribution in [2.24, 2.45) is 0 Å². The number of nitrogens with zero attached hydrogens (tertiary/aromatic N) is 5. The molecule has 2 aliphatic heterocycles. The fourth-order valence-electron chi connectivity index (χ4n) is 5.12. The van der Waals surface area contributed by atoms with Gasteiger partial charge in [-0.1, -0.05) is 0 Å². The number of rotatable bonds is 7. The fourth-order valence-corrected chi connectivity index (χ4v) is 5.61. The zero-order valence-electron chi connectivity index (χ0n) is 21.9. The summed E-state index contributed by atoms with van der Waals surface area (Å²) in [6, 6.07) is 7.82. The van der Waals surface area contributed by atoms with Crippen molar-refractivity contribution >= 4 is 33.4 Å². The van der Waals surface area contributed by atoms with Gasteiger partial charge in [0.25, 0.3) is 5.91 Å². The van der Waals surface area contributed by atoms with Crippen LogP contribution in [0.3, 0.4) is 0 Å². The van der Waals surface area contributed by atoms with Gasteiger partial charge in [0.1, 0.15) is 5.82 Å². The number of methoxy groups -OCH3 is 1. The number of likely N-dealkylation sites (tertiary alicyclic amines) is 1. The van der Waals surface area contributed by atoms with Crippen LogP contribution in [0, 0.1) is 5.82 Å². The molecule has 13 heteroatoms. The molecule has 2 aliphatic rings. The largest absolute Gasteiger partial charge is 0.494 e. The fraction of sp³-hybridized carbons (Fsp3) is 0.385. The number of fused-ring (bicyclic) bond motifs is 1. The Morgan fingerprint density at radius 3 is 2.74 bits per heavy atom. The molecular formula is C26H30FN7O4S. The molecule has 2 atom stereocenters. The predicted octanol–water partition coefficient (Wildman–Crippen LogP) is 3.14.